The van der Waals surface area contributed by atoms with E-state index in [0.717, 1.165) is 22.3 Å². The molecule has 4 N–H and O–H groups in total. The summed E-state index contributed by atoms with van der Waals surface area (Å²) in [5.41, 5.74) is 16.6. The Kier molecular flexibility index (Phi) is 6.18. The summed E-state index contributed by atoms with van der Waals surface area (Å²) in [7, 11) is 0. The molecule has 7 heteroatoms. The quantitative estimate of drug-likeness (QED) is 0.352. The predicted molar refractivity (Wildman–Crippen MR) is 123 cm³/mol. The number of rotatable bonds is 5. The third-order valence-electron chi connectivity index (χ3n) is 5.04. The number of nitro groups is 1. The molecule has 0 atom stereocenters. The Morgan fingerprint density at radius 1 is 0.833 bits per heavy atom. The van der Waals surface area contributed by atoms with Gasteiger partial charge in [0.25, 0.3) is 0 Å². The molecule has 0 saturated heterocycles. The van der Waals surface area contributed by atoms with E-state index >= 15 is 0 Å². The zero-order valence-corrected chi connectivity index (χ0v) is 16.9. The molecule has 30 heavy (non-hydrogen) atoms. The molecule has 0 amide bonds. The van der Waals surface area contributed by atoms with Gasteiger partial charge in [0.2, 0.25) is 5.82 Å². The molecule has 1 heterocycles. The normalized spacial score (nSPS) is 10.5. The predicted octanol–water partition coefficient (Wildman–Crippen LogP) is 4.91. The van der Waals surface area contributed by atoms with Gasteiger partial charge in [-0.3, -0.25) is 10.1 Å². The maximum Gasteiger partial charge on any atom is 0.334 e. The van der Waals surface area contributed by atoms with E-state index in [-0.39, 0.29) is 29.6 Å². The Morgan fingerprint density at radius 2 is 1.40 bits per heavy atom. The Labute approximate surface area is 180 Å². The molecule has 0 aliphatic heterocycles. The highest BCUT2D eigenvalue weighted by atomic mass is 35.5. The third-order valence-corrected chi connectivity index (χ3v) is 5.04. The van der Waals surface area contributed by atoms with Gasteiger partial charge in [-0.1, -0.05) is 66.7 Å². The van der Waals surface area contributed by atoms with E-state index < -0.39 is 4.92 Å². The van der Waals surface area contributed by atoms with Crippen LogP contribution in [0.2, 0.25) is 0 Å². The number of nitrogens with two attached hydrogens (primary N) is 2. The van der Waals surface area contributed by atoms with E-state index in [2.05, 4.69) is 17.1 Å². The smallest absolute Gasteiger partial charge is 0.334 e. The number of fused-ring (bicyclic) bond motifs is 1. The van der Waals surface area contributed by atoms with E-state index in [1.54, 1.807) is 0 Å². The van der Waals surface area contributed by atoms with Crippen LogP contribution in [0.15, 0.2) is 72.8 Å². The van der Waals surface area contributed by atoms with Crippen molar-refractivity contribution in [1.29, 1.82) is 0 Å². The largest absolute Gasteiger partial charge is 0.392 e. The van der Waals surface area contributed by atoms with Gasteiger partial charge in [0.1, 0.15) is 5.69 Å². The van der Waals surface area contributed by atoms with Crippen molar-refractivity contribution in [3.63, 3.8) is 0 Å². The first-order valence-electron chi connectivity index (χ1n) is 9.26. The minimum Gasteiger partial charge on any atom is -0.392 e. The van der Waals surface area contributed by atoms with Gasteiger partial charge in [0, 0.05) is 5.39 Å². The van der Waals surface area contributed by atoms with E-state index in [1.807, 2.05) is 60.7 Å². The van der Waals surface area contributed by atoms with Crippen molar-refractivity contribution >= 4 is 40.5 Å². The number of hydrogen-bond donors (Lipinski definition) is 2. The molecular formula is C23H21ClN4O2. The highest BCUT2D eigenvalue weighted by Gasteiger charge is 2.24. The summed E-state index contributed by atoms with van der Waals surface area (Å²) < 4.78 is 0. The zero-order chi connectivity index (χ0) is 20.4. The van der Waals surface area contributed by atoms with Crippen LogP contribution in [0.3, 0.4) is 0 Å². The monoisotopic (exact) mass is 420 g/mol. The van der Waals surface area contributed by atoms with Gasteiger partial charge in [-0.2, -0.15) is 0 Å². The van der Waals surface area contributed by atoms with Crippen LogP contribution >= 0.6 is 12.4 Å². The highest BCUT2D eigenvalue weighted by molar-refractivity contribution is 6.01. The second-order valence-corrected chi connectivity index (χ2v) is 6.94. The number of pyridine rings is 1. The zero-order valence-electron chi connectivity index (χ0n) is 16.1. The fraction of sp³-hybridized carbons (Fsp3) is 0.0870. The lowest BCUT2D eigenvalue weighted by Crippen LogP contribution is -2.07. The van der Waals surface area contributed by atoms with E-state index in [4.69, 9.17) is 11.5 Å². The first kappa shape index (κ1) is 21.1. The Morgan fingerprint density at radius 3 is 1.97 bits per heavy atom. The van der Waals surface area contributed by atoms with Gasteiger partial charge in [-0.15, -0.1) is 12.4 Å². The van der Waals surface area contributed by atoms with Crippen molar-refractivity contribution in [2.24, 2.45) is 0 Å². The summed E-state index contributed by atoms with van der Waals surface area (Å²) in [6, 6.07) is 23.9. The number of anilines is 2. The SMILES string of the molecule is Cl.Nc1nc2ccc(Cc3ccccc3)c(Cc3ccccc3)c2c(N)c1[N+](=O)[O-]. The van der Waals surface area contributed by atoms with Crippen LogP contribution in [0, 0.1) is 10.1 Å². The molecule has 0 unspecified atom stereocenters. The molecule has 0 bridgehead atoms. The summed E-state index contributed by atoms with van der Waals surface area (Å²) in [4.78, 5) is 15.2. The Bertz CT molecular complexity index is 1200. The number of aromatic nitrogens is 1. The van der Waals surface area contributed by atoms with Crippen LogP contribution in [0.25, 0.3) is 10.9 Å². The molecule has 4 aromatic rings. The van der Waals surface area contributed by atoms with E-state index in [9.17, 15) is 10.1 Å². The molecule has 1 aromatic heterocycles. The van der Waals surface area contributed by atoms with E-state index in [0.29, 0.717) is 23.7 Å². The van der Waals surface area contributed by atoms with Crippen LogP contribution in [0.1, 0.15) is 22.3 Å². The lowest BCUT2D eigenvalue weighted by molar-refractivity contribution is -0.383. The van der Waals surface area contributed by atoms with Gasteiger partial charge in [-0.25, -0.2) is 4.98 Å². The lowest BCUT2D eigenvalue weighted by Gasteiger charge is -2.16. The topological polar surface area (TPSA) is 108 Å². The fourth-order valence-corrected chi connectivity index (χ4v) is 3.69. The van der Waals surface area contributed by atoms with Crippen LogP contribution < -0.4 is 11.5 Å². The van der Waals surface area contributed by atoms with Crippen molar-refractivity contribution in [2.75, 3.05) is 11.5 Å². The molecule has 0 aliphatic rings. The number of hydrogen-bond acceptors (Lipinski definition) is 5. The molecule has 0 fully saturated rings. The summed E-state index contributed by atoms with van der Waals surface area (Å²) in [6.07, 6.45) is 1.28. The lowest BCUT2D eigenvalue weighted by atomic mass is 9.91. The standard InChI is InChI=1S/C23H20N4O2.ClH/c24-21-20-18(14-16-9-5-2-6-10-16)17(13-15-7-3-1-4-8-15)11-12-19(20)26-23(25)22(21)27(28)29;/h1-12H,13-14H2,(H4,24,25,26);1H. The second-order valence-electron chi connectivity index (χ2n) is 6.94. The third kappa shape index (κ3) is 4.04. The van der Waals surface area contributed by atoms with Crippen LogP contribution in [0.4, 0.5) is 17.2 Å². The number of nitrogens with zero attached hydrogens (tertiary/aromatic N) is 2. The van der Waals surface area contributed by atoms with Crippen LogP contribution in [-0.2, 0) is 12.8 Å². The van der Waals surface area contributed by atoms with Gasteiger partial charge in [-0.05, 0) is 41.2 Å². The summed E-state index contributed by atoms with van der Waals surface area (Å²) in [5, 5.41) is 12.1. The van der Waals surface area contributed by atoms with Crippen molar-refractivity contribution in [2.45, 2.75) is 12.8 Å². The average molecular weight is 421 g/mol. The first-order chi connectivity index (χ1) is 14.0. The summed E-state index contributed by atoms with van der Waals surface area (Å²) >= 11 is 0. The molecule has 0 aliphatic carbocycles. The Hall–Kier alpha value is -3.64. The highest BCUT2D eigenvalue weighted by Crippen LogP contribution is 2.38. The Balaban J connectivity index is 0.00000256. The van der Waals surface area contributed by atoms with Crippen molar-refractivity contribution in [1.82, 2.24) is 4.98 Å². The van der Waals surface area contributed by atoms with Gasteiger partial charge in [0.15, 0.2) is 0 Å². The van der Waals surface area contributed by atoms with Gasteiger partial charge >= 0.3 is 5.69 Å². The average Bonchev–Trinajstić information content (AvgIpc) is 2.71. The first-order valence-corrected chi connectivity index (χ1v) is 9.26. The van der Waals surface area contributed by atoms with Crippen molar-refractivity contribution < 1.29 is 4.92 Å². The van der Waals surface area contributed by atoms with Crippen LogP contribution in [-0.4, -0.2) is 9.91 Å². The summed E-state index contributed by atoms with van der Waals surface area (Å²) in [6.45, 7) is 0. The van der Waals surface area contributed by atoms with E-state index in [1.165, 1.54) is 0 Å². The van der Waals surface area contributed by atoms with Crippen LogP contribution in [0.5, 0.6) is 0 Å². The van der Waals surface area contributed by atoms with Gasteiger partial charge in [0.05, 0.1) is 10.4 Å². The molecular weight excluding hydrogens is 400 g/mol. The number of nitrogen functional groups attached to an aromatic ring is 2. The summed E-state index contributed by atoms with van der Waals surface area (Å²) in [5.74, 6) is -0.165. The fourth-order valence-electron chi connectivity index (χ4n) is 3.69. The molecule has 0 saturated carbocycles. The molecule has 4 rings (SSSR count). The number of halogens is 1. The van der Waals surface area contributed by atoms with Gasteiger partial charge < -0.3 is 11.5 Å². The molecule has 152 valence electrons. The molecule has 6 nitrogen and oxygen atoms in total. The van der Waals surface area contributed by atoms with Crippen molar-refractivity contribution in [3.05, 3.63) is 105 Å². The minimum absolute atomic E-state index is 0. The molecule has 0 spiro atoms. The van der Waals surface area contributed by atoms with Crippen molar-refractivity contribution in [3.8, 4) is 0 Å². The second kappa shape index (κ2) is 8.80. The molecule has 3 aromatic carbocycles. The maximum atomic E-state index is 11.5. The minimum atomic E-state index is -0.562. The number of benzene rings is 3. The maximum absolute atomic E-state index is 11.5. The molecule has 0 radical (unpaired) electrons.